The first-order valence-electron chi connectivity index (χ1n) is 5.44. The highest BCUT2D eigenvalue weighted by Crippen LogP contribution is 2.36. The molecule has 5 heteroatoms. The van der Waals surface area contributed by atoms with Gasteiger partial charge < -0.3 is 9.47 Å². The molecular weight excluding hydrogens is 222 g/mol. The van der Waals surface area contributed by atoms with Crippen molar-refractivity contribution >= 4 is 11.8 Å². The minimum absolute atomic E-state index is 0.0641. The summed E-state index contributed by atoms with van der Waals surface area (Å²) >= 11 is 0. The van der Waals surface area contributed by atoms with Gasteiger partial charge in [0.05, 0.1) is 0 Å². The van der Waals surface area contributed by atoms with Crippen LogP contribution in [0.4, 0.5) is 0 Å². The van der Waals surface area contributed by atoms with Crippen molar-refractivity contribution in [3.8, 4) is 11.5 Å². The molecule has 88 valence electrons. The van der Waals surface area contributed by atoms with Crippen LogP contribution in [0.15, 0.2) is 18.2 Å². The summed E-state index contributed by atoms with van der Waals surface area (Å²) in [6.07, 6.45) is 0.677. The zero-order valence-electron chi connectivity index (χ0n) is 9.06. The first-order chi connectivity index (χ1) is 8.22. The summed E-state index contributed by atoms with van der Waals surface area (Å²) in [4.78, 5) is 22.6. The first kappa shape index (κ1) is 10.1. The molecule has 1 aromatic rings. The second-order valence-corrected chi connectivity index (χ2v) is 4.19. The van der Waals surface area contributed by atoms with Crippen molar-refractivity contribution < 1.29 is 19.1 Å². The van der Waals surface area contributed by atoms with E-state index >= 15 is 0 Å². The third kappa shape index (κ3) is 1.84. The van der Waals surface area contributed by atoms with E-state index in [2.05, 4.69) is 5.32 Å². The number of benzene rings is 1. The van der Waals surface area contributed by atoms with Crippen LogP contribution in [0.2, 0.25) is 0 Å². The molecule has 2 amide bonds. The number of carbonyl (C=O) groups is 2. The molecule has 17 heavy (non-hydrogen) atoms. The summed E-state index contributed by atoms with van der Waals surface area (Å²) in [5.74, 6) is 0.889. The van der Waals surface area contributed by atoms with Gasteiger partial charge in [0.25, 0.3) is 0 Å². The molecule has 2 aliphatic heterocycles. The van der Waals surface area contributed by atoms with Crippen molar-refractivity contribution in [1.29, 1.82) is 0 Å². The van der Waals surface area contributed by atoms with E-state index in [1.807, 2.05) is 18.2 Å². The van der Waals surface area contributed by atoms with Crippen molar-refractivity contribution in [2.45, 2.75) is 18.8 Å². The van der Waals surface area contributed by atoms with Gasteiger partial charge in [-0.05, 0) is 17.7 Å². The number of hydrogen-bond donors (Lipinski definition) is 1. The van der Waals surface area contributed by atoms with Crippen LogP contribution in [0.5, 0.6) is 11.5 Å². The van der Waals surface area contributed by atoms with Crippen molar-refractivity contribution in [3.05, 3.63) is 23.8 Å². The normalized spacial score (nSPS) is 19.3. The van der Waals surface area contributed by atoms with E-state index in [0.29, 0.717) is 24.3 Å². The molecular formula is C12H11NO4. The Labute approximate surface area is 97.7 Å². The van der Waals surface area contributed by atoms with Crippen LogP contribution >= 0.6 is 0 Å². The molecule has 0 bridgehead atoms. The highest BCUT2D eigenvalue weighted by Gasteiger charge is 2.27. The number of carbonyl (C=O) groups excluding carboxylic acids is 2. The molecule has 5 nitrogen and oxygen atoms in total. The van der Waals surface area contributed by atoms with Crippen molar-refractivity contribution in [2.24, 2.45) is 0 Å². The fourth-order valence-corrected chi connectivity index (χ4v) is 2.18. The number of ether oxygens (including phenoxy) is 2. The second-order valence-electron chi connectivity index (χ2n) is 4.19. The molecule has 2 aliphatic rings. The second kappa shape index (κ2) is 3.76. The molecule has 0 radical (unpaired) electrons. The predicted octanol–water partition coefficient (Wildman–Crippen LogP) is 0.935. The van der Waals surface area contributed by atoms with Crippen molar-refractivity contribution in [2.75, 3.05) is 6.79 Å². The van der Waals surface area contributed by atoms with Gasteiger partial charge >= 0.3 is 0 Å². The van der Waals surface area contributed by atoms with Gasteiger partial charge in [-0.1, -0.05) is 6.07 Å². The van der Waals surface area contributed by atoms with E-state index in [1.54, 1.807) is 0 Å². The van der Waals surface area contributed by atoms with Gasteiger partial charge in [0.2, 0.25) is 18.6 Å². The van der Waals surface area contributed by atoms with Crippen molar-refractivity contribution in [3.63, 3.8) is 0 Å². The Morgan fingerprint density at radius 1 is 1.06 bits per heavy atom. The quantitative estimate of drug-likeness (QED) is 0.733. The number of hydrogen-bond acceptors (Lipinski definition) is 4. The van der Waals surface area contributed by atoms with Crippen LogP contribution < -0.4 is 14.8 Å². The summed E-state index contributed by atoms with van der Waals surface area (Å²) in [5, 5.41) is 2.30. The van der Waals surface area contributed by atoms with Crippen LogP contribution in [-0.2, 0) is 9.59 Å². The molecule has 2 heterocycles. The molecule has 0 aliphatic carbocycles. The minimum Gasteiger partial charge on any atom is -0.454 e. The lowest BCUT2D eigenvalue weighted by atomic mass is 9.89. The monoisotopic (exact) mass is 233 g/mol. The van der Waals surface area contributed by atoms with Gasteiger partial charge in [0.15, 0.2) is 11.5 Å². The standard InChI is InChI=1S/C12H11NO4/c14-11-4-8(5-12(15)13-11)7-1-2-9-10(3-7)17-6-16-9/h1-3,8H,4-6H2,(H,13,14,15). The summed E-state index contributed by atoms with van der Waals surface area (Å²) < 4.78 is 10.5. The van der Waals surface area contributed by atoms with E-state index < -0.39 is 0 Å². The average molecular weight is 233 g/mol. The maximum Gasteiger partial charge on any atom is 0.231 e. The number of rotatable bonds is 1. The smallest absolute Gasteiger partial charge is 0.231 e. The van der Waals surface area contributed by atoms with Gasteiger partial charge in [-0.2, -0.15) is 0 Å². The van der Waals surface area contributed by atoms with Crippen LogP contribution in [0.25, 0.3) is 0 Å². The Hall–Kier alpha value is -2.04. The Morgan fingerprint density at radius 2 is 1.76 bits per heavy atom. The summed E-state index contributed by atoms with van der Waals surface area (Å²) in [5.41, 5.74) is 0.942. The van der Waals surface area contributed by atoms with Gasteiger partial charge in [0, 0.05) is 18.8 Å². The van der Waals surface area contributed by atoms with Gasteiger partial charge in [-0.15, -0.1) is 0 Å². The topological polar surface area (TPSA) is 64.6 Å². The lowest BCUT2D eigenvalue weighted by Gasteiger charge is -2.21. The average Bonchev–Trinajstić information content (AvgIpc) is 2.74. The Bertz CT molecular complexity index is 481. The third-order valence-corrected chi connectivity index (χ3v) is 3.01. The first-order valence-corrected chi connectivity index (χ1v) is 5.44. The highest BCUT2D eigenvalue weighted by molar-refractivity contribution is 5.98. The SMILES string of the molecule is O=C1CC(c2ccc3c(c2)OCO3)CC(=O)N1. The molecule has 0 atom stereocenters. The van der Waals surface area contributed by atoms with E-state index in [0.717, 1.165) is 5.56 Å². The van der Waals surface area contributed by atoms with Gasteiger partial charge in [-0.3, -0.25) is 14.9 Å². The summed E-state index contributed by atoms with van der Waals surface area (Å²) in [6, 6.07) is 5.54. The van der Waals surface area contributed by atoms with E-state index in [4.69, 9.17) is 9.47 Å². The van der Waals surface area contributed by atoms with Crippen LogP contribution in [0.1, 0.15) is 24.3 Å². The van der Waals surface area contributed by atoms with Gasteiger partial charge in [-0.25, -0.2) is 0 Å². The molecule has 0 unspecified atom stereocenters. The number of imide groups is 1. The third-order valence-electron chi connectivity index (χ3n) is 3.01. The minimum atomic E-state index is -0.219. The van der Waals surface area contributed by atoms with Crippen LogP contribution in [-0.4, -0.2) is 18.6 Å². The lowest BCUT2D eigenvalue weighted by molar-refractivity contribution is -0.133. The maximum atomic E-state index is 11.3. The van der Waals surface area contributed by atoms with Crippen LogP contribution in [0, 0.1) is 0 Å². The largest absolute Gasteiger partial charge is 0.454 e. The van der Waals surface area contributed by atoms with E-state index in [-0.39, 0.29) is 24.5 Å². The Kier molecular flexibility index (Phi) is 2.24. The molecule has 1 N–H and O–H groups in total. The Morgan fingerprint density at radius 3 is 2.53 bits per heavy atom. The number of amides is 2. The Balaban J connectivity index is 1.88. The fourth-order valence-electron chi connectivity index (χ4n) is 2.18. The number of nitrogens with one attached hydrogen (secondary N) is 1. The zero-order valence-corrected chi connectivity index (χ0v) is 9.06. The van der Waals surface area contributed by atoms with E-state index in [1.165, 1.54) is 0 Å². The van der Waals surface area contributed by atoms with Gasteiger partial charge in [0.1, 0.15) is 0 Å². The summed E-state index contributed by atoms with van der Waals surface area (Å²) in [7, 11) is 0. The van der Waals surface area contributed by atoms with E-state index in [9.17, 15) is 9.59 Å². The van der Waals surface area contributed by atoms with Crippen LogP contribution in [0.3, 0.4) is 0 Å². The molecule has 1 fully saturated rings. The molecule has 1 saturated heterocycles. The predicted molar refractivity (Wildman–Crippen MR) is 57.7 cm³/mol. The summed E-state index contributed by atoms with van der Waals surface area (Å²) in [6.45, 7) is 0.225. The molecule has 0 spiro atoms. The molecule has 0 aromatic heterocycles. The lowest BCUT2D eigenvalue weighted by Crippen LogP contribution is -2.37. The number of piperidine rings is 1. The fraction of sp³-hybridized carbons (Fsp3) is 0.333. The molecule has 0 saturated carbocycles. The highest BCUT2D eigenvalue weighted by atomic mass is 16.7. The zero-order chi connectivity index (χ0) is 11.8. The molecule has 1 aromatic carbocycles. The number of fused-ring (bicyclic) bond motifs is 1. The molecule has 3 rings (SSSR count). The maximum absolute atomic E-state index is 11.3. The van der Waals surface area contributed by atoms with Crippen molar-refractivity contribution in [1.82, 2.24) is 5.32 Å².